The number of methoxy groups -OCH3 is 2. The lowest BCUT2D eigenvalue weighted by Crippen LogP contribution is -2.10. The van der Waals surface area contributed by atoms with Gasteiger partial charge in [-0.2, -0.15) is 0 Å². The maximum absolute atomic E-state index is 12.3. The zero-order chi connectivity index (χ0) is 18.4. The molecule has 2 rings (SSSR count). The van der Waals surface area contributed by atoms with E-state index in [1.807, 2.05) is 62.3 Å². The molecule has 25 heavy (non-hydrogen) atoms. The molecule has 0 aromatic heterocycles. The van der Waals surface area contributed by atoms with Crippen molar-refractivity contribution in [3.63, 3.8) is 0 Å². The number of carbonyl (C=O) groups is 1. The number of ether oxygens (including phenoxy) is 2. The average Bonchev–Trinajstić information content (AvgIpc) is 2.61. The topological polar surface area (TPSA) is 50.8 Å². The largest absolute Gasteiger partial charge is 0.497 e. The summed E-state index contributed by atoms with van der Waals surface area (Å²) >= 11 is 0. The summed E-state index contributed by atoms with van der Waals surface area (Å²) in [5.74, 6) is 1.18. The first kappa shape index (κ1) is 18.4. The van der Waals surface area contributed by atoms with Gasteiger partial charge < -0.3 is 19.7 Å². The highest BCUT2D eigenvalue weighted by molar-refractivity contribution is 6.04. The van der Waals surface area contributed by atoms with Gasteiger partial charge in [0.2, 0.25) is 5.91 Å². The molecule has 0 saturated carbocycles. The van der Waals surface area contributed by atoms with E-state index in [4.69, 9.17) is 9.47 Å². The second-order valence-corrected chi connectivity index (χ2v) is 5.82. The van der Waals surface area contributed by atoms with E-state index in [1.54, 1.807) is 26.4 Å². The van der Waals surface area contributed by atoms with E-state index in [1.165, 1.54) is 0 Å². The molecule has 132 valence electrons. The van der Waals surface area contributed by atoms with Gasteiger partial charge in [0, 0.05) is 43.2 Å². The number of anilines is 2. The molecule has 0 radical (unpaired) electrons. The minimum absolute atomic E-state index is 0.187. The summed E-state index contributed by atoms with van der Waals surface area (Å²) < 4.78 is 10.6. The first-order valence-electron chi connectivity index (χ1n) is 7.93. The lowest BCUT2D eigenvalue weighted by atomic mass is 10.1. The van der Waals surface area contributed by atoms with Crippen molar-refractivity contribution in [1.29, 1.82) is 0 Å². The molecule has 5 heteroatoms. The van der Waals surface area contributed by atoms with Crippen LogP contribution in [-0.4, -0.2) is 34.2 Å². The van der Waals surface area contributed by atoms with Crippen LogP contribution in [0, 0.1) is 0 Å². The monoisotopic (exact) mass is 340 g/mol. The predicted octanol–water partition coefficient (Wildman–Crippen LogP) is 3.81. The van der Waals surface area contributed by atoms with Crippen molar-refractivity contribution in [2.75, 3.05) is 38.5 Å². The molecule has 0 bridgehead atoms. The van der Waals surface area contributed by atoms with Crippen LogP contribution in [0.5, 0.6) is 11.5 Å². The minimum atomic E-state index is -0.187. The second-order valence-electron chi connectivity index (χ2n) is 5.82. The lowest BCUT2D eigenvalue weighted by Gasteiger charge is -2.13. The van der Waals surface area contributed by atoms with Crippen molar-refractivity contribution >= 4 is 22.9 Å². The molecule has 1 amide bonds. The number of nitrogens with zero attached hydrogens (tertiary/aromatic N) is 1. The molecule has 0 spiro atoms. The van der Waals surface area contributed by atoms with Crippen LogP contribution in [-0.2, 0) is 4.79 Å². The summed E-state index contributed by atoms with van der Waals surface area (Å²) in [7, 11) is 7.15. The molecule has 0 heterocycles. The zero-order valence-corrected chi connectivity index (χ0v) is 15.3. The van der Waals surface area contributed by atoms with Crippen molar-refractivity contribution in [3.05, 3.63) is 54.1 Å². The molecule has 0 atom stereocenters. The Morgan fingerprint density at radius 3 is 2.28 bits per heavy atom. The first-order valence-corrected chi connectivity index (χ1v) is 7.93. The maximum Gasteiger partial charge on any atom is 0.248 e. The number of amides is 1. The van der Waals surface area contributed by atoms with Crippen molar-refractivity contribution in [1.82, 2.24) is 0 Å². The summed E-state index contributed by atoms with van der Waals surface area (Å²) in [5, 5.41) is 2.87. The van der Waals surface area contributed by atoms with E-state index in [0.29, 0.717) is 11.5 Å². The van der Waals surface area contributed by atoms with Gasteiger partial charge in [0.15, 0.2) is 0 Å². The summed E-state index contributed by atoms with van der Waals surface area (Å²) in [6.07, 6.45) is 1.56. The van der Waals surface area contributed by atoms with Crippen LogP contribution >= 0.6 is 0 Å². The van der Waals surface area contributed by atoms with Gasteiger partial charge in [0.1, 0.15) is 11.5 Å². The van der Waals surface area contributed by atoms with Crippen LogP contribution < -0.4 is 19.7 Å². The summed E-state index contributed by atoms with van der Waals surface area (Å²) in [6.45, 7) is 1.87. The summed E-state index contributed by atoms with van der Waals surface area (Å²) in [5.41, 5.74) is 3.48. The Labute approximate surface area is 148 Å². The number of allylic oxidation sites excluding steroid dienone is 1. The summed E-state index contributed by atoms with van der Waals surface area (Å²) in [6, 6.07) is 13.2. The highest BCUT2D eigenvalue weighted by Gasteiger charge is 2.09. The lowest BCUT2D eigenvalue weighted by molar-refractivity contribution is -0.111. The van der Waals surface area contributed by atoms with Crippen molar-refractivity contribution in [3.8, 4) is 11.5 Å². The molecular formula is C20H24N2O3. The quantitative estimate of drug-likeness (QED) is 0.813. The van der Waals surface area contributed by atoms with Gasteiger partial charge >= 0.3 is 0 Å². The van der Waals surface area contributed by atoms with Gasteiger partial charge in [0.05, 0.1) is 14.2 Å². The Kier molecular flexibility index (Phi) is 6.06. The molecule has 2 aromatic rings. The van der Waals surface area contributed by atoms with Crippen LogP contribution in [0.2, 0.25) is 0 Å². The van der Waals surface area contributed by atoms with Crippen molar-refractivity contribution < 1.29 is 14.3 Å². The third kappa shape index (κ3) is 4.76. The Morgan fingerprint density at radius 2 is 1.72 bits per heavy atom. The van der Waals surface area contributed by atoms with Crippen LogP contribution in [0.25, 0.3) is 5.57 Å². The summed E-state index contributed by atoms with van der Waals surface area (Å²) in [4.78, 5) is 14.3. The highest BCUT2D eigenvalue weighted by Crippen LogP contribution is 2.30. The standard InChI is InChI=1S/C20H24N2O3/c1-14(18-11-10-17(24-4)13-19(18)25-5)12-20(23)21-15-6-8-16(9-7-15)22(2)3/h6-13H,1-5H3,(H,21,23)/b14-12+. The van der Waals surface area contributed by atoms with Gasteiger partial charge in [0.25, 0.3) is 0 Å². The van der Waals surface area contributed by atoms with Gasteiger partial charge in [-0.15, -0.1) is 0 Å². The molecule has 0 unspecified atom stereocenters. The first-order chi connectivity index (χ1) is 11.9. The fourth-order valence-corrected chi connectivity index (χ4v) is 2.42. The van der Waals surface area contributed by atoms with E-state index < -0.39 is 0 Å². The molecule has 0 saturated heterocycles. The van der Waals surface area contributed by atoms with Crippen molar-refractivity contribution in [2.24, 2.45) is 0 Å². The zero-order valence-electron chi connectivity index (χ0n) is 15.3. The van der Waals surface area contributed by atoms with Crippen LogP contribution in [0.4, 0.5) is 11.4 Å². The van der Waals surface area contributed by atoms with Gasteiger partial charge in [-0.3, -0.25) is 4.79 Å². The van der Waals surface area contributed by atoms with Gasteiger partial charge in [-0.05, 0) is 48.9 Å². The normalized spacial score (nSPS) is 11.0. The number of hydrogen-bond acceptors (Lipinski definition) is 4. The van der Waals surface area contributed by atoms with Gasteiger partial charge in [-0.1, -0.05) is 0 Å². The SMILES string of the molecule is COc1ccc(/C(C)=C/C(=O)Nc2ccc(N(C)C)cc2)c(OC)c1. The fourth-order valence-electron chi connectivity index (χ4n) is 2.42. The van der Waals surface area contributed by atoms with Crippen LogP contribution in [0.1, 0.15) is 12.5 Å². The number of benzene rings is 2. The molecule has 0 aliphatic heterocycles. The molecule has 0 aliphatic carbocycles. The molecule has 2 aromatic carbocycles. The van der Waals surface area contributed by atoms with E-state index in [9.17, 15) is 4.79 Å². The van der Waals surface area contributed by atoms with E-state index in [2.05, 4.69) is 5.32 Å². The van der Waals surface area contributed by atoms with Crippen molar-refractivity contribution in [2.45, 2.75) is 6.92 Å². The highest BCUT2D eigenvalue weighted by atomic mass is 16.5. The number of hydrogen-bond donors (Lipinski definition) is 1. The molecule has 0 aliphatic rings. The Balaban J connectivity index is 2.14. The minimum Gasteiger partial charge on any atom is -0.497 e. The number of nitrogens with one attached hydrogen (secondary N) is 1. The predicted molar refractivity (Wildman–Crippen MR) is 103 cm³/mol. The second kappa shape index (κ2) is 8.24. The van der Waals surface area contributed by atoms with Crippen LogP contribution in [0.15, 0.2) is 48.5 Å². The van der Waals surface area contributed by atoms with Crippen LogP contribution in [0.3, 0.4) is 0 Å². The maximum atomic E-state index is 12.3. The Hall–Kier alpha value is -2.95. The average molecular weight is 340 g/mol. The number of carbonyl (C=O) groups excluding carboxylic acids is 1. The van der Waals surface area contributed by atoms with E-state index >= 15 is 0 Å². The van der Waals surface area contributed by atoms with E-state index in [0.717, 1.165) is 22.5 Å². The fraction of sp³-hybridized carbons (Fsp3) is 0.250. The smallest absolute Gasteiger partial charge is 0.248 e. The third-order valence-electron chi connectivity index (χ3n) is 3.83. The Morgan fingerprint density at radius 1 is 1.04 bits per heavy atom. The third-order valence-corrected chi connectivity index (χ3v) is 3.83. The van der Waals surface area contributed by atoms with E-state index in [-0.39, 0.29) is 5.91 Å². The molecular weight excluding hydrogens is 316 g/mol. The molecule has 1 N–H and O–H groups in total. The number of rotatable bonds is 6. The van der Waals surface area contributed by atoms with Gasteiger partial charge in [-0.25, -0.2) is 0 Å². The molecule has 5 nitrogen and oxygen atoms in total. The Bertz CT molecular complexity index is 765. The molecule has 0 fully saturated rings.